The Morgan fingerprint density at radius 1 is 1.00 bits per heavy atom. The van der Waals surface area contributed by atoms with Crippen molar-refractivity contribution < 1.29 is 43.2 Å². The summed E-state index contributed by atoms with van der Waals surface area (Å²) in [4.78, 5) is 45.9. The van der Waals surface area contributed by atoms with Crippen LogP contribution < -0.4 is 0 Å². The molecule has 0 bridgehead atoms. The molecule has 1 fully saturated rings. The highest BCUT2D eigenvalue weighted by Gasteiger charge is 2.42. The fourth-order valence-electron chi connectivity index (χ4n) is 4.45. The minimum atomic E-state index is -0.663. The number of ether oxygens (including phenoxy) is 4. The second-order valence-electron chi connectivity index (χ2n) is 9.12. The van der Waals surface area contributed by atoms with Crippen LogP contribution in [0, 0.1) is 11.8 Å². The Balaban J connectivity index is 2.91. The van der Waals surface area contributed by atoms with Gasteiger partial charge >= 0.3 is 23.9 Å². The smallest absolute Gasteiger partial charge is 0.305 e. The molecule has 0 spiro atoms. The zero-order chi connectivity index (χ0) is 27.1. The summed E-state index contributed by atoms with van der Waals surface area (Å²) in [7, 11) is 1.36. The third kappa shape index (κ3) is 12.3. The normalized spacial score (nSPS) is 23.4. The van der Waals surface area contributed by atoms with Gasteiger partial charge in [-0.25, -0.2) is 0 Å². The van der Waals surface area contributed by atoms with Crippen LogP contribution in [0.2, 0.25) is 0 Å². The maximum atomic E-state index is 11.7. The van der Waals surface area contributed by atoms with Gasteiger partial charge in [-0.05, 0) is 50.5 Å². The molecular formula is C27H42O9. The number of carbonyl (C=O) groups excluding carboxylic acids is 4. The quantitative estimate of drug-likeness (QED) is 0.151. The number of hydrogen-bond acceptors (Lipinski definition) is 9. The van der Waals surface area contributed by atoms with Crippen molar-refractivity contribution in [2.24, 2.45) is 11.8 Å². The van der Waals surface area contributed by atoms with E-state index in [1.54, 1.807) is 6.08 Å². The number of carbonyl (C=O) groups is 4. The number of hydrogen-bond donors (Lipinski definition) is 1. The lowest BCUT2D eigenvalue weighted by Gasteiger charge is -2.23. The van der Waals surface area contributed by atoms with Crippen molar-refractivity contribution in [3.63, 3.8) is 0 Å². The number of rotatable bonds is 15. The molecule has 9 heteroatoms. The fourth-order valence-corrected chi connectivity index (χ4v) is 4.45. The van der Waals surface area contributed by atoms with Crippen LogP contribution in [0.15, 0.2) is 24.3 Å². The molecule has 1 N–H and O–H groups in total. The summed E-state index contributed by atoms with van der Waals surface area (Å²) in [5, 5.41) is 10.7. The summed E-state index contributed by atoms with van der Waals surface area (Å²) in [5.74, 6) is -1.91. The van der Waals surface area contributed by atoms with Crippen molar-refractivity contribution in [1.29, 1.82) is 0 Å². The van der Waals surface area contributed by atoms with Crippen molar-refractivity contribution in [1.82, 2.24) is 0 Å². The van der Waals surface area contributed by atoms with Gasteiger partial charge in [0.15, 0.2) is 0 Å². The van der Waals surface area contributed by atoms with Crippen LogP contribution in [0.25, 0.3) is 0 Å². The molecule has 6 unspecified atom stereocenters. The van der Waals surface area contributed by atoms with Gasteiger partial charge in [0.1, 0.15) is 18.3 Å². The first-order chi connectivity index (χ1) is 17.1. The molecule has 204 valence electrons. The highest BCUT2D eigenvalue weighted by atomic mass is 16.6. The van der Waals surface area contributed by atoms with E-state index < -0.39 is 30.3 Å². The van der Waals surface area contributed by atoms with Gasteiger partial charge in [0, 0.05) is 39.5 Å². The molecule has 1 rings (SSSR count). The monoisotopic (exact) mass is 510 g/mol. The van der Waals surface area contributed by atoms with Crippen molar-refractivity contribution >= 4 is 23.9 Å². The average molecular weight is 511 g/mol. The summed E-state index contributed by atoms with van der Waals surface area (Å²) in [6.07, 6.45) is 9.84. The molecule has 1 saturated carbocycles. The lowest BCUT2D eigenvalue weighted by molar-refractivity contribution is -0.149. The van der Waals surface area contributed by atoms with E-state index in [9.17, 15) is 24.3 Å². The van der Waals surface area contributed by atoms with Gasteiger partial charge in [0.2, 0.25) is 0 Å². The fraction of sp³-hybridized carbons (Fsp3) is 0.704. The van der Waals surface area contributed by atoms with E-state index in [1.807, 2.05) is 25.2 Å². The minimum Gasteiger partial charge on any atom is -0.469 e. The van der Waals surface area contributed by atoms with Crippen molar-refractivity contribution in [3.05, 3.63) is 24.3 Å². The Hall–Kier alpha value is -2.68. The maximum absolute atomic E-state index is 11.7. The Morgan fingerprint density at radius 2 is 1.69 bits per heavy atom. The lowest BCUT2D eigenvalue weighted by Crippen LogP contribution is -2.25. The van der Waals surface area contributed by atoms with Crippen LogP contribution >= 0.6 is 0 Å². The van der Waals surface area contributed by atoms with Gasteiger partial charge in [-0.15, -0.1) is 0 Å². The largest absolute Gasteiger partial charge is 0.469 e. The maximum Gasteiger partial charge on any atom is 0.305 e. The Bertz CT molecular complexity index is 773. The first-order valence-electron chi connectivity index (χ1n) is 12.7. The molecule has 0 aromatic rings. The summed E-state index contributed by atoms with van der Waals surface area (Å²) in [5.41, 5.74) is 0. The van der Waals surface area contributed by atoms with Gasteiger partial charge in [-0.1, -0.05) is 25.2 Å². The zero-order valence-electron chi connectivity index (χ0n) is 22.1. The number of unbranched alkanes of at least 4 members (excludes halogenated alkanes) is 1. The van der Waals surface area contributed by atoms with Gasteiger partial charge < -0.3 is 24.1 Å². The second kappa shape index (κ2) is 16.9. The number of aliphatic hydroxyl groups is 1. The van der Waals surface area contributed by atoms with Gasteiger partial charge in [0.25, 0.3) is 0 Å². The van der Waals surface area contributed by atoms with E-state index >= 15 is 0 Å². The molecule has 6 atom stereocenters. The first-order valence-corrected chi connectivity index (χ1v) is 12.7. The van der Waals surface area contributed by atoms with Crippen molar-refractivity contribution in [3.8, 4) is 0 Å². The Morgan fingerprint density at radius 3 is 2.28 bits per heavy atom. The van der Waals surface area contributed by atoms with Gasteiger partial charge in [-0.2, -0.15) is 0 Å². The minimum absolute atomic E-state index is 0.190. The van der Waals surface area contributed by atoms with E-state index in [4.69, 9.17) is 14.2 Å². The number of methoxy groups -OCH3 is 1. The lowest BCUT2D eigenvalue weighted by atomic mass is 9.89. The molecule has 36 heavy (non-hydrogen) atoms. The molecule has 0 saturated heterocycles. The van der Waals surface area contributed by atoms with Crippen molar-refractivity contribution in [2.45, 2.75) is 103 Å². The van der Waals surface area contributed by atoms with Gasteiger partial charge in [-0.3, -0.25) is 19.2 Å². The molecule has 1 aliphatic carbocycles. The van der Waals surface area contributed by atoms with Crippen LogP contribution in [0.5, 0.6) is 0 Å². The standard InChI is InChI=1S/C27H42O9/c1-6-21(34-18(2)28)13-14-22(35-19(3)29)15-16-24-23(25(31)17-26(24)36-20(4)30)11-9-7-8-10-12-27(32)33-5/h7,9,15-16,21-26,31H,6,8,10-14,17H2,1-5H3. The van der Waals surface area contributed by atoms with E-state index in [2.05, 4.69) is 4.74 Å². The molecule has 1 aliphatic rings. The van der Waals surface area contributed by atoms with Crippen LogP contribution in [-0.2, 0) is 38.1 Å². The van der Waals surface area contributed by atoms with Crippen LogP contribution in [0.3, 0.4) is 0 Å². The van der Waals surface area contributed by atoms with E-state index in [0.29, 0.717) is 51.4 Å². The SMILES string of the molecule is CCC(CCC(C=CC1C(OC(C)=O)CC(O)C1CC=CCCCC(=O)OC)OC(C)=O)OC(C)=O. The number of esters is 4. The first kappa shape index (κ1) is 31.4. The van der Waals surface area contributed by atoms with Crippen LogP contribution in [0.4, 0.5) is 0 Å². The van der Waals surface area contributed by atoms with Gasteiger partial charge in [0.05, 0.1) is 13.2 Å². The van der Waals surface area contributed by atoms with E-state index in [1.165, 1.54) is 27.9 Å². The van der Waals surface area contributed by atoms with Crippen LogP contribution in [0.1, 0.15) is 79.1 Å². The summed E-state index contributed by atoms with van der Waals surface area (Å²) in [6.45, 7) is 5.95. The highest BCUT2D eigenvalue weighted by Crippen LogP contribution is 2.38. The Kier molecular flexibility index (Phi) is 14.7. The van der Waals surface area contributed by atoms with E-state index in [-0.39, 0.29) is 29.9 Å². The summed E-state index contributed by atoms with van der Waals surface area (Å²) < 4.78 is 20.9. The predicted octanol–water partition coefficient (Wildman–Crippen LogP) is 3.81. The second-order valence-corrected chi connectivity index (χ2v) is 9.12. The molecule has 0 heterocycles. The third-order valence-corrected chi connectivity index (χ3v) is 6.19. The van der Waals surface area contributed by atoms with Crippen LogP contribution in [-0.4, -0.2) is 60.5 Å². The summed E-state index contributed by atoms with van der Waals surface area (Å²) >= 11 is 0. The number of allylic oxidation sites excluding steroid dienone is 2. The topological polar surface area (TPSA) is 125 Å². The average Bonchev–Trinajstić information content (AvgIpc) is 3.08. The molecule has 0 aromatic heterocycles. The molecule has 0 amide bonds. The summed E-state index contributed by atoms with van der Waals surface area (Å²) in [6, 6.07) is 0. The van der Waals surface area contributed by atoms with Crippen molar-refractivity contribution in [2.75, 3.05) is 7.11 Å². The molecular weight excluding hydrogens is 468 g/mol. The molecule has 0 aliphatic heterocycles. The number of aliphatic hydroxyl groups excluding tert-OH is 1. The Labute approximate surface area is 214 Å². The van der Waals surface area contributed by atoms with E-state index in [0.717, 1.165) is 0 Å². The highest BCUT2D eigenvalue weighted by molar-refractivity contribution is 5.69. The zero-order valence-corrected chi connectivity index (χ0v) is 22.1. The molecule has 0 aromatic carbocycles. The predicted molar refractivity (Wildman–Crippen MR) is 133 cm³/mol. The third-order valence-electron chi connectivity index (χ3n) is 6.19. The molecule has 9 nitrogen and oxygen atoms in total. The molecule has 0 radical (unpaired) electrons.